The van der Waals surface area contributed by atoms with Crippen molar-refractivity contribution in [2.45, 2.75) is 19.4 Å². The molecule has 6 heteroatoms. The number of nitrogens with one attached hydrogen (secondary N) is 1. The third-order valence-corrected chi connectivity index (χ3v) is 3.80. The SMILES string of the molecule is Cc1cc(C#N)cc(O[C@@H]2CCN(C(=O)Nc3ccccc3)C2)n1. The predicted octanol–water partition coefficient (Wildman–Crippen LogP) is 2.95. The molecule has 0 aliphatic carbocycles. The van der Waals surface area contributed by atoms with E-state index >= 15 is 0 Å². The molecule has 0 bridgehead atoms. The molecule has 122 valence electrons. The van der Waals surface area contributed by atoms with E-state index in [9.17, 15) is 4.79 Å². The van der Waals surface area contributed by atoms with Gasteiger partial charge in [-0.3, -0.25) is 0 Å². The molecule has 1 aliphatic heterocycles. The Bertz CT molecular complexity index is 770. The van der Waals surface area contributed by atoms with Gasteiger partial charge in [0.05, 0.1) is 18.2 Å². The molecule has 1 aromatic carbocycles. The van der Waals surface area contributed by atoms with Crippen LogP contribution >= 0.6 is 0 Å². The second kappa shape index (κ2) is 7.01. The number of pyridine rings is 1. The zero-order valence-corrected chi connectivity index (χ0v) is 13.4. The van der Waals surface area contributed by atoms with E-state index in [1.165, 1.54) is 0 Å². The minimum atomic E-state index is -0.137. The van der Waals surface area contributed by atoms with Crippen LogP contribution in [0.15, 0.2) is 42.5 Å². The van der Waals surface area contributed by atoms with Gasteiger partial charge in [0.25, 0.3) is 0 Å². The van der Waals surface area contributed by atoms with E-state index in [-0.39, 0.29) is 12.1 Å². The molecule has 1 aliphatic rings. The maximum absolute atomic E-state index is 12.3. The lowest BCUT2D eigenvalue weighted by atomic mass is 10.2. The van der Waals surface area contributed by atoms with Crippen molar-refractivity contribution in [3.63, 3.8) is 0 Å². The normalized spacial score (nSPS) is 16.5. The highest BCUT2D eigenvalue weighted by atomic mass is 16.5. The first kappa shape index (κ1) is 15.8. The minimum Gasteiger partial charge on any atom is -0.472 e. The fraction of sp³-hybridized carbons (Fsp3) is 0.278. The van der Waals surface area contributed by atoms with E-state index in [0.29, 0.717) is 24.5 Å². The Labute approximate surface area is 140 Å². The summed E-state index contributed by atoms with van der Waals surface area (Å²) in [6, 6.07) is 14.6. The topological polar surface area (TPSA) is 78.2 Å². The van der Waals surface area contributed by atoms with Crippen molar-refractivity contribution in [2.75, 3.05) is 18.4 Å². The highest BCUT2D eigenvalue weighted by molar-refractivity contribution is 5.89. The standard InChI is InChI=1S/C18H18N4O2/c1-13-9-14(11-19)10-17(20-13)24-16-7-8-22(12-16)18(23)21-15-5-3-2-4-6-15/h2-6,9-10,16H,7-8,12H2,1H3,(H,21,23)/t16-/m1/s1. The average molecular weight is 322 g/mol. The van der Waals surface area contributed by atoms with E-state index in [2.05, 4.69) is 16.4 Å². The third-order valence-electron chi connectivity index (χ3n) is 3.80. The van der Waals surface area contributed by atoms with Crippen molar-refractivity contribution in [2.24, 2.45) is 0 Å². The van der Waals surface area contributed by atoms with Crippen LogP contribution in [0.2, 0.25) is 0 Å². The number of amides is 2. The summed E-state index contributed by atoms with van der Waals surface area (Å²) in [6.45, 7) is 2.94. The molecule has 0 unspecified atom stereocenters. The van der Waals surface area contributed by atoms with Crippen LogP contribution < -0.4 is 10.1 Å². The molecule has 2 amide bonds. The molecular formula is C18H18N4O2. The molecule has 0 saturated carbocycles. The number of nitrogens with zero attached hydrogens (tertiary/aromatic N) is 3. The van der Waals surface area contributed by atoms with Gasteiger partial charge in [-0.15, -0.1) is 0 Å². The van der Waals surface area contributed by atoms with Gasteiger partial charge in [0, 0.05) is 30.4 Å². The highest BCUT2D eigenvalue weighted by Gasteiger charge is 2.28. The van der Waals surface area contributed by atoms with Crippen molar-refractivity contribution < 1.29 is 9.53 Å². The number of nitriles is 1. The molecule has 1 fully saturated rings. The van der Waals surface area contributed by atoms with Gasteiger partial charge in [-0.05, 0) is 25.1 Å². The molecular weight excluding hydrogens is 304 g/mol. The second-order valence-corrected chi connectivity index (χ2v) is 5.72. The van der Waals surface area contributed by atoms with Crippen LogP contribution in [0.25, 0.3) is 0 Å². The lowest BCUT2D eigenvalue weighted by Crippen LogP contribution is -2.34. The minimum absolute atomic E-state index is 0.118. The first-order chi connectivity index (χ1) is 11.6. The van der Waals surface area contributed by atoms with Gasteiger partial charge < -0.3 is 15.0 Å². The number of rotatable bonds is 3. The Morgan fingerprint density at radius 1 is 1.38 bits per heavy atom. The van der Waals surface area contributed by atoms with Crippen molar-refractivity contribution in [1.29, 1.82) is 5.26 Å². The van der Waals surface area contributed by atoms with Crippen molar-refractivity contribution in [1.82, 2.24) is 9.88 Å². The number of para-hydroxylation sites is 1. The molecule has 1 atom stereocenters. The summed E-state index contributed by atoms with van der Waals surface area (Å²) in [5.41, 5.74) is 2.03. The van der Waals surface area contributed by atoms with E-state index in [1.54, 1.807) is 17.0 Å². The molecule has 6 nitrogen and oxygen atoms in total. The molecule has 0 radical (unpaired) electrons. The number of hydrogen-bond donors (Lipinski definition) is 1. The second-order valence-electron chi connectivity index (χ2n) is 5.72. The average Bonchev–Trinajstić information content (AvgIpc) is 3.04. The van der Waals surface area contributed by atoms with Gasteiger partial charge in [0.2, 0.25) is 5.88 Å². The van der Waals surface area contributed by atoms with Crippen LogP contribution in [0.1, 0.15) is 17.7 Å². The highest BCUT2D eigenvalue weighted by Crippen LogP contribution is 2.19. The van der Waals surface area contributed by atoms with Crippen LogP contribution in [0.3, 0.4) is 0 Å². The number of aromatic nitrogens is 1. The number of carbonyl (C=O) groups is 1. The Morgan fingerprint density at radius 2 is 2.17 bits per heavy atom. The number of hydrogen-bond acceptors (Lipinski definition) is 4. The fourth-order valence-corrected chi connectivity index (χ4v) is 2.67. The van der Waals surface area contributed by atoms with Crippen LogP contribution in [0.5, 0.6) is 5.88 Å². The maximum atomic E-state index is 12.3. The molecule has 0 spiro atoms. The van der Waals surface area contributed by atoms with Gasteiger partial charge in [-0.25, -0.2) is 9.78 Å². The number of aryl methyl sites for hydroxylation is 1. The summed E-state index contributed by atoms with van der Waals surface area (Å²) in [5, 5.41) is 11.9. The van der Waals surface area contributed by atoms with E-state index in [4.69, 9.17) is 10.00 Å². The molecule has 1 N–H and O–H groups in total. The largest absolute Gasteiger partial charge is 0.472 e. The fourth-order valence-electron chi connectivity index (χ4n) is 2.67. The van der Waals surface area contributed by atoms with Crippen LogP contribution in [0, 0.1) is 18.3 Å². The smallest absolute Gasteiger partial charge is 0.321 e. The summed E-state index contributed by atoms with van der Waals surface area (Å²) >= 11 is 0. The van der Waals surface area contributed by atoms with Gasteiger partial charge in [0.1, 0.15) is 6.10 Å². The molecule has 2 heterocycles. The lowest BCUT2D eigenvalue weighted by molar-refractivity contribution is 0.189. The quantitative estimate of drug-likeness (QED) is 0.942. The van der Waals surface area contributed by atoms with Gasteiger partial charge in [0.15, 0.2) is 0 Å². The molecule has 3 rings (SSSR count). The summed E-state index contributed by atoms with van der Waals surface area (Å²) in [5.74, 6) is 0.432. The van der Waals surface area contributed by atoms with Crippen molar-refractivity contribution >= 4 is 11.7 Å². The van der Waals surface area contributed by atoms with Gasteiger partial charge in [-0.2, -0.15) is 5.26 Å². The number of carbonyl (C=O) groups excluding carboxylic acids is 1. The Hall–Kier alpha value is -3.07. The third kappa shape index (κ3) is 3.82. The monoisotopic (exact) mass is 322 g/mol. The number of benzene rings is 1. The lowest BCUT2D eigenvalue weighted by Gasteiger charge is -2.18. The number of anilines is 1. The van der Waals surface area contributed by atoms with Crippen LogP contribution in [-0.4, -0.2) is 35.1 Å². The van der Waals surface area contributed by atoms with E-state index < -0.39 is 0 Å². The van der Waals surface area contributed by atoms with Crippen molar-refractivity contribution in [3.8, 4) is 11.9 Å². The number of urea groups is 1. The molecule has 1 aromatic heterocycles. The van der Waals surface area contributed by atoms with Crippen molar-refractivity contribution in [3.05, 3.63) is 53.7 Å². The van der Waals surface area contributed by atoms with E-state index in [1.807, 2.05) is 37.3 Å². The predicted molar refractivity (Wildman–Crippen MR) is 89.8 cm³/mol. The van der Waals surface area contributed by atoms with E-state index in [0.717, 1.165) is 17.8 Å². The molecule has 2 aromatic rings. The van der Waals surface area contributed by atoms with Crippen LogP contribution in [0.4, 0.5) is 10.5 Å². The zero-order valence-electron chi connectivity index (χ0n) is 13.4. The summed E-state index contributed by atoms with van der Waals surface area (Å²) < 4.78 is 5.85. The van der Waals surface area contributed by atoms with Gasteiger partial charge in [-0.1, -0.05) is 18.2 Å². The summed E-state index contributed by atoms with van der Waals surface area (Å²) in [6.07, 6.45) is 0.618. The van der Waals surface area contributed by atoms with Crippen LogP contribution in [-0.2, 0) is 0 Å². The van der Waals surface area contributed by atoms with Gasteiger partial charge >= 0.3 is 6.03 Å². The molecule has 24 heavy (non-hydrogen) atoms. The zero-order chi connectivity index (χ0) is 16.9. The molecule has 1 saturated heterocycles. The first-order valence-corrected chi connectivity index (χ1v) is 7.80. The Kier molecular flexibility index (Phi) is 4.62. The summed E-state index contributed by atoms with van der Waals surface area (Å²) in [4.78, 5) is 18.3. The number of ether oxygens (including phenoxy) is 1. The summed E-state index contributed by atoms with van der Waals surface area (Å²) in [7, 11) is 0. The number of likely N-dealkylation sites (tertiary alicyclic amines) is 1. The Balaban J connectivity index is 1.58. The Morgan fingerprint density at radius 3 is 2.92 bits per heavy atom. The maximum Gasteiger partial charge on any atom is 0.321 e. The first-order valence-electron chi connectivity index (χ1n) is 7.80.